The highest BCUT2D eigenvalue weighted by Crippen LogP contribution is 2.29. The summed E-state index contributed by atoms with van der Waals surface area (Å²) < 4.78 is 5.34. The van der Waals surface area contributed by atoms with Crippen LogP contribution in [0.4, 0.5) is 0 Å². The highest BCUT2D eigenvalue weighted by atomic mass is 16.5. The van der Waals surface area contributed by atoms with Crippen molar-refractivity contribution >= 4 is 22.4 Å². The van der Waals surface area contributed by atoms with Gasteiger partial charge in [-0.05, 0) is 46.4 Å². The van der Waals surface area contributed by atoms with Gasteiger partial charge in [-0.2, -0.15) is 0 Å². The van der Waals surface area contributed by atoms with Crippen molar-refractivity contribution in [3.8, 4) is 5.75 Å². The summed E-state index contributed by atoms with van der Waals surface area (Å²) in [6.07, 6.45) is 6.01. The molecule has 2 nitrogen and oxygen atoms in total. The molecule has 4 rings (SSSR count). The van der Waals surface area contributed by atoms with Crippen LogP contribution in [0.1, 0.15) is 16.7 Å². The average Bonchev–Trinajstić information content (AvgIpc) is 2.73. The molecule has 126 valence electrons. The minimum absolute atomic E-state index is 0.840. The second-order valence-corrected chi connectivity index (χ2v) is 6.11. The third kappa shape index (κ3) is 3.22. The van der Waals surface area contributed by atoms with E-state index in [0.717, 1.165) is 22.1 Å². The molecule has 0 N–H and O–H groups in total. The van der Waals surface area contributed by atoms with Crippen LogP contribution in [0, 0.1) is 0 Å². The van der Waals surface area contributed by atoms with E-state index in [9.17, 15) is 0 Å². The molecule has 0 aliphatic heterocycles. The number of benzene rings is 3. The lowest BCUT2D eigenvalue weighted by molar-refractivity contribution is 0.415. The summed E-state index contributed by atoms with van der Waals surface area (Å²) in [7, 11) is 1.68. The van der Waals surface area contributed by atoms with Gasteiger partial charge >= 0.3 is 0 Å². The summed E-state index contributed by atoms with van der Waals surface area (Å²) in [6.45, 7) is 0. The molecule has 0 spiro atoms. The topological polar surface area (TPSA) is 22.1 Å². The molecule has 0 bridgehead atoms. The smallest absolute Gasteiger partial charge is 0.119 e. The van der Waals surface area contributed by atoms with Crippen LogP contribution in [0.25, 0.3) is 22.4 Å². The molecule has 0 atom stereocenters. The number of hydrogen-bond acceptors (Lipinski definition) is 2. The number of pyridine rings is 1. The molecule has 2 heteroatoms. The highest BCUT2D eigenvalue weighted by molar-refractivity contribution is 5.98. The van der Waals surface area contributed by atoms with E-state index >= 15 is 0 Å². The van der Waals surface area contributed by atoms with Crippen LogP contribution in [0.3, 0.4) is 0 Å². The van der Waals surface area contributed by atoms with Gasteiger partial charge in [0.2, 0.25) is 0 Å². The lowest BCUT2D eigenvalue weighted by Crippen LogP contribution is -1.90. The molecule has 1 heterocycles. The monoisotopic (exact) mass is 337 g/mol. The Balaban J connectivity index is 1.92. The van der Waals surface area contributed by atoms with Gasteiger partial charge in [-0.3, -0.25) is 4.98 Å². The molecule has 1 aromatic heterocycles. The molecule has 26 heavy (non-hydrogen) atoms. The Morgan fingerprint density at radius 1 is 0.808 bits per heavy atom. The quantitative estimate of drug-likeness (QED) is 0.467. The molecule has 0 radical (unpaired) electrons. The lowest BCUT2D eigenvalue weighted by Gasteiger charge is -2.10. The third-order valence-corrected chi connectivity index (χ3v) is 4.47. The molecule has 3 aromatic carbocycles. The molecule has 0 amide bonds. The zero-order valence-corrected chi connectivity index (χ0v) is 14.6. The molecule has 0 saturated carbocycles. The van der Waals surface area contributed by atoms with Gasteiger partial charge in [0.25, 0.3) is 0 Å². The van der Waals surface area contributed by atoms with E-state index in [2.05, 4.69) is 65.7 Å². The summed E-state index contributed by atoms with van der Waals surface area (Å²) in [5.41, 5.74) is 4.64. The fraction of sp³-hybridized carbons (Fsp3) is 0.0417. The standard InChI is InChI=1S/C24H19NO/c1-26-22-12-13-23-20(14-22)16-25-17-21(23)15-24(18-8-4-2-5-9-18)19-10-6-3-7-11-19/h2-17H,1H3. The van der Waals surface area contributed by atoms with E-state index in [1.54, 1.807) is 7.11 Å². The first kappa shape index (κ1) is 16.1. The maximum absolute atomic E-state index is 5.34. The molecule has 0 aliphatic carbocycles. The third-order valence-electron chi connectivity index (χ3n) is 4.47. The minimum Gasteiger partial charge on any atom is -0.497 e. The van der Waals surface area contributed by atoms with Crippen LogP contribution in [0.15, 0.2) is 91.3 Å². The number of methoxy groups -OCH3 is 1. The highest BCUT2D eigenvalue weighted by Gasteiger charge is 2.07. The maximum Gasteiger partial charge on any atom is 0.119 e. The summed E-state index contributed by atoms with van der Waals surface area (Å²) >= 11 is 0. The van der Waals surface area contributed by atoms with Crippen LogP contribution in [0.5, 0.6) is 5.75 Å². The SMILES string of the molecule is COc1ccc2c(C=C(c3ccccc3)c3ccccc3)cncc2c1. The first-order valence-corrected chi connectivity index (χ1v) is 8.59. The van der Waals surface area contributed by atoms with Crippen LogP contribution < -0.4 is 4.74 Å². The summed E-state index contributed by atoms with van der Waals surface area (Å²) in [5.74, 6) is 0.840. The van der Waals surface area contributed by atoms with Crippen molar-refractivity contribution in [1.82, 2.24) is 4.98 Å². The number of rotatable bonds is 4. The number of ether oxygens (including phenoxy) is 1. The molecule has 0 fully saturated rings. The molecule has 0 saturated heterocycles. The maximum atomic E-state index is 5.34. The Morgan fingerprint density at radius 3 is 2.08 bits per heavy atom. The van der Waals surface area contributed by atoms with Crippen molar-refractivity contribution in [2.75, 3.05) is 7.11 Å². The zero-order chi connectivity index (χ0) is 17.8. The normalized spacial score (nSPS) is 10.5. The molecule has 0 unspecified atom stereocenters. The van der Waals surface area contributed by atoms with Gasteiger partial charge < -0.3 is 4.74 Å². The van der Waals surface area contributed by atoms with Gasteiger partial charge in [0, 0.05) is 23.3 Å². The van der Waals surface area contributed by atoms with Crippen molar-refractivity contribution in [2.24, 2.45) is 0 Å². The summed E-state index contributed by atoms with van der Waals surface area (Å²) in [5, 5.41) is 2.23. The molecule has 0 aliphatic rings. The fourth-order valence-electron chi connectivity index (χ4n) is 3.14. The lowest BCUT2D eigenvalue weighted by atomic mass is 9.95. The molecule has 4 aromatic rings. The van der Waals surface area contributed by atoms with Crippen molar-refractivity contribution < 1.29 is 4.74 Å². The Morgan fingerprint density at radius 2 is 1.46 bits per heavy atom. The largest absolute Gasteiger partial charge is 0.497 e. The van der Waals surface area contributed by atoms with Gasteiger partial charge in [0.1, 0.15) is 5.75 Å². The number of fused-ring (bicyclic) bond motifs is 1. The molecular formula is C24H19NO. The van der Waals surface area contributed by atoms with Gasteiger partial charge in [-0.15, -0.1) is 0 Å². The van der Waals surface area contributed by atoms with Crippen LogP contribution in [-0.4, -0.2) is 12.1 Å². The van der Waals surface area contributed by atoms with E-state index in [0.29, 0.717) is 0 Å². The van der Waals surface area contributed by atoms with Gasteiger partial charge in [0.05, 0.1) is 7.11 Å². The second-order valence-electron chi connectivity index (χ2n) is 6.11. The van der Waals surface area contributed by atoms with E-state index in [1.165, 1.54) is 16.7 Å². The summed E-state index contributed by atoms with van der Waals surface area (Å²) in [6, 6.07) is 27.0. The van der Waals surface area contributed by atoms with Crippen molar-refractivity contribution in [2.45, 2.75) is 0 Å². The predicted octanol–water partition coefficient (Wildman–Crippen LogP) is 5.83. The predicted molar refractivity (Wildman–Crippen MR) is 108 cm³/mol. The zero-order valence-electron chi connectivity index (χ0n) is 14.6. The fourth-order valence-corrected chi connectivity index (χ4v) is 3.14. The summed E-state index contributed by atoms with van der Waals surface area (Å²) in [4.78, 5) is 4.43. The van der Waals surface area contributed by atoms with Crippen molar-refractivity contribution in [3.05, 3.63) is 108 Å². The van der Waals surface area contributed by atoms with E-state index in [1.807, 2.05) is 36.7 Å². The van der Waals surface area contributed by atoms with Crippen LogP contribution >= 0.6 is 0 Å². The Kier molecular flexibility index (Phi) is 4.48. The van der Waals surface area contributed by atoms with Crippen molar-refractivity contribution in [1.29, 1.82) is 0 Å². The Labute approximate surface area is 153 Å². The van der Waals surface area contributed by atoms with Crippen molar-refractivity contribution in [3.63, 3.8) is 0 Å². The molecular weight excluding hydrogens is 318 g/mol. The first-order valence-electron chi connectivity index (χ1n) is 8.59. The number of hydrogen-bond donors (Lipinski definition) is 0. The van der Waals surface area contributed by atoms with Gasteiger partial charge in [0.15, 0.2) is 0 Å². The Hall–Kier alpha value is -3.39. The van der Waals surface area contributed by atoms with E-state index in [-0.39, 0.29) is 0 Å². The first-order chi connectivity index (χ1) is 12.8. The van der Waals surface area contributed by atoms with Gasteiger partial charge in [-0.25, -0.2) is 0 Å². The number of aromatic nitrogens is 1. The van der Waals surface area contributed by atoms with Crippen LogP contribution in [0.2, 0.25) is 0 Å². The van der Waals surface area contributed by atoms with E-state index in [4.69, 9.17) is 4.74 Å². The number of nitrogens with zero attached hydrogens (tertiary/aromatic N) is 1. The van der Waals surface area contributed by atoms with Crippen LogP contribution in [-0.2, 0) is 0 Å². The average molecular weight is 337 g/mol. The van der Waals surface area contributed by atoms with Gasteiger partial charge in [-0.1, -0.05) is 60.7 Å². The Bertz CT molecular complexity index is 1010. The van der Waals surface area contributed by atoms with E-state index < -0.39 is 0 Å². The second kappa shape index (κ2) is 7.24. The minimum atomic E-state index is 0.840.